The highest BCUT2D eigenvalue weighted by Crippen LogP contribution is 2.33. The predicted octanol–water partition coefficient (Wildman–Crippen LogP) is 4.98. The topological polar surface area (TPSA) is 64.0 Å². The van der Waals surface area contributed by atoms with Crippen LogP contribution in [0.2, 0.25) is 0 Å². The fourth-order valence-corrected chi connectivity index (χ4v) is 4.62. The molecule has 0 bridgehead atoms. The van der Waals surface area contributed by atoms with Crippen LogP contribution >= 0.6 is 11.3 Å². The smallest absolute Gasteiger partial charge is 0.409 e. The van der Waals surface area contributed by atoms with Crippen molar-refractivity contribution in [2.45, 2.75) is 45.1 Å². The Morgan fingerprint density at radius 2 is 2.03 bits per heavy atom. The van der Waals surface area contributed by atoms with Crippen molar-refractivity contribution in [1.29, 1.82) is 0 Å². The van der Waals surface area contributed by atoms with Crippen LogP contribution < -0.4 is 0 Å². The van der Waals surface area contributed by atoms with E-state index in [0.29, 0.717) is 18.4 Å². The number of rotatable bonds is 5. The highest BCUT2D eigenvalue weighted by molar-refractivity contribution is 7.10. The monoisotopic (exact) mass is 413 g/mol. The van der Waals surface area contributed by atoms with Gasteiger partial charge in [-0.25, -0.2) is 9.78 Å². The molecular formula is C22H27N3O3S. The van der Waals surface area contributed by atoms with Crippen molar-refractivity contribution in [2.75, 3.05) is 19.7 Å². The van der Waals surface area contributed by atoms with E-state index in [2.05, 4.69) is 22.7 Å². The summed E-state index contributed by atoms with van der Waals surface area (Å²) < 4.78 is 5.35. The van der Waals surface area contributed by atoms with Crippen molar-refractivity contribution in [3.8, 4) is 0 Å². The molecule has 1 fully saturated rings. The zero-order valence-corrected chi connectivity index (χ0v) is 17.7. The van der Waals surface area contributed by atoms with E-state index in [1.165, 1.54) is 0 Å². The third-order valence-corrected chi connectivity index (χ3v) is 6.31. The molecule has 6 nitrogen and oxygen atoms in total. The second-order valence-electron chi connectivity index (χ2n) is 8.05. The number of oxime groups is 1. The fourth-order valence-electron chi connectivity index (χ4n) is 3.62. The summed E-state index contributed by atoms with van der Waals surface area (Å²) in [5.41, 5.74) is 2.97. The van der Waals surface area contributed by atoms with Crippen molar-refractivity contribution in [3.63, 3.8) is 0 Å². The van der Waals surface area contributed by atoms with Gasteiger partial charge in [0.2, 0.25) is 0 Å². The highest BCUT2D eigenvalue weighted by Gasteiger charge is 2.29. The van der Waals surface area contributed by atoms with Gasteiger partial charge < -0.3 is 14.5 Å². The molecule has 0 radical (unpaired) electrons. The van der Waals surface area contributed by atoms with Crippen LogP contribution in [0.4, 0.5) is 4.79 Å². The van der Waals surface area contributed by atoms with Gasteiger partial charge in [0.1, 0.15) is 5.71 Å². The Balaban J connectivity index is 1.31. The first-order valence-electron chi connectivity index (χ1n) is 10.2. The lowest BCUT2D eigenvalue weighted by Gasteiger charge is -2.30. The lowest BCUT2D eigenvalue weighted by molar-refractivity contribution is 0.0834. The number of hydrogen-bond donors (Lipinski definition) is 0. The average molecular weight is 414 g/mol. The molecule has 1 atom stereocenters. The molecule has 0 N–H and O–H groups in total. The first-order valence-corrected chi connectivity index (χ1v) is 11.1. The number of thiazole rings is 1. The quantitative estimate of drug-likeness (QED) is 0.693. The number of carbonyl (C=O) groups excluding carboxylic acids is 1. The van der Waals surface area contributed by atoms with Crippen LogP contribution in [0.3, 0.4) is 0 Å². The molecule has 1 saturated heterocycles. The Bertz CT molecular complexity index is 857. The Kier molecular flexibility index (Phi) is 6.13. The Morgan fingerprint density at radius 1 is 1.28 bits per heavy atom. The van der Waals surface area contributed by atoms with Crippen LogP contribution in [0.5, 0.6) is 0 Å². The van der Waals surface area contributed by atoms with Crippen LogP contribution in [0.25, 0.3) is 0 Å². The first kappa shape index (κ1) is 19.9. The van der Waals surface area contributed by atoms with Crippen LogP contribution in [-0.4, -0.2) is 41.4 Å². The van der Waals surface area contributed by atoms with Gasteiger partial charge in [-0.3, -0.25) is 0 Å². The third-order valence-electron chi connectivity index (χ3n) is 5.30. The van der Waals surface area contributed by atoms with Gasteiger partial charge >= 0.3 is 6.09 Å². The summed E-state index contributed by atoms with van der Waals surface area (Å²) in [4.78, 5) is 24.4. The number of piperidine rings is 1. The van der Waals surface area contributed by atoms with Crippen molar-refractivity contribution < 1.29 is 14.4 Å². The van der Waals surface area contributed by atoms with E-state index in [1.807, 2.05) is 36.9 Å². The van der Waals surface area contributed by atoms with Crippen LogP contribution in [0.1, 0.15) is 61.4 Å². The summed E-state index contributed by atoms with van der Waals surface area (Å²) in [5, 5.41) is 7.49. The summed E-state index contributed by atoms with van der Waals surface area (Å²) in [6.07, 6.45) is 2.35. The molecule has 7 heteroatoms. The van der Waals surface area contributed by atoms with Crippen molar-refractivity contribution >= 4 is 23.1 Å². The maximum absolute atomic E-state index is 12.1. The molecule has 1 amide bonds. The molecule has 3 heterocycles. The average Bonchev–Trinajstić information content (AvgIpc) is 3.42. The molecule has 2 aromatic rings. The number of likely N-dealkylation sites (tertiary alicyclic amines) is 1. The minimum atomic E-state index is -0.193. The van der Waals surface area contributed by atoms with E-state index in [9.17, 15) is 4.79 Å². The number of carbonyl (C=O) groups is 1. The standard InChI is InChI=1S/C22H27N3O3S/c1-15(2)13-27-22(26)25-10-8-17(9-11-25)21-23-19(14-29-21)18-12-20(28-24-18)16-6-4-3-5-7-16/h3-7,14-15,17,20H,8-13H2,1-2H3. The SMILES string of the molecule is CC(C)COC(=O)N1CCC(c2nc(C3=NOC(c4ccccc4)C3)cs2)CC1. The van der Waals surface area contributed by atoms with Crippen molar-refractivity contribution in [2.24, 2.45) is 11.1 Å². The number of ether oxygens (including phenoxy) is 1. The zero-order valence-electron chi connectivity index (χ0n) is 16.9. The minimum Gasteiger partial charge on any atom is -0.449 e. The fraction of sp³-hybridized carbons (Fsp3) is 0.500. The van der Waals surface area contributed by atoms with Crippen LogP contribution in [-0.2, 0) is 9.57 Å². The van der Waals surface area contributed by atoms with Gasteiger partial charge in [0.25, 0.3) is 0 Å². The normalized spacial score (nSPS) is 19.9. The largest absolute Gasteiger partial charge is 0.449 e. The van der Waals surface area contributed by atoms with Gasteiger partial charge in [0.15, 0.2) is 6.10 Å². The van der Waals surface area contributed by atoms with Gasteiger partial charge in [-0.1, -0.05) is 49.3 Å². The van der Waals surface area contributed by atoms with E-state index in [0.717, 1.165) is 54.3 Å². The molecule has 0 saturated carbocycles. The summed E-state index contributed by atoms with van der Waals surface area (Å²) in [6, 6.07) is 10.2. The number of aromatic nitrogens is 1. The number of hydrogen-bond acceptors (Lipinski definition) is 6. The van der Waals surface area contributed by atoms with Gasteiger partial charge in [-0.05, 0) is 24.3 Å². The molecule has 0 aliphatic carbocycles. The lowest BCUT2D eigenvalue weighted by Crippen LogP contribution is -2.38. The van der Waals surface area contributed by atoms with Crippen LogP contribution in [0, 0.1) is 5.92 Å². The molecule has 2 aliphatic heterocycles. The molecule has 4 rings (SSSR count). The van der Waals surface area contributed by atoms with Crippen molar-refractivity contribution in [1.82, 2.24) is 9.88 Å². The number of amides is 1. The van der Waals surface area contributed by atoms with Gasteiger partial charge in [-0.15, -0.1) is 11.3 Å². The minimum absolute atomic E-state index is 0.0311. The lowest BCUT2D eigenvalue weighted by atomic mass is 9.98. The van der Waals surface area contributed by atoms with Gasteiger partial charge in [-0.2, -0.15) is 0 Å². The predicted molar refractivity (Wildman–Crippen MR) is 113 cm³/mol. The maximum Gasteiger partial charge on any atom is 0.409 e. The second kappa shape index (κ2) is 8.95. The maximum atomic E-state index is 12.1. The molecule has 1 aromatic heterocycles. The summed E-state index contributed by atoms with van der Waals surface area (Å²) >= 11 is 1.68. The number of nitrogens with zero attached hydrogens (tertiary/aromatic N) is 3. The van der Waals surface area contributed by atoms with E-state index < -0.39 is 0 Å². The first-order chi connectivity index (χ1) is 14.1. The van der Waals surface area contributed by atoms with Gasteiger partial charge in [0, 0.05) is 30.8 Å². The van der Waals surface area contributed by atoms with E-state index in [1.54, 1.807) is 11.3 Å². The molecule has 0 spiro atoms. The Morgan fingerprint density at radius 3 is 2.76 bits per heavy atom. The van der Waals surface area contributed by atoms with E-state index in [4.69, 9.17) is 14.6 Å². The third kappa shape index (κ3) is 4.78. The number of benzene rings is 1. The molecular weight excluding hydrogens is 386 g/mol. The van der Waals surface area contributed by atoms with Crippen molar-refractivity contribution in [3.05, 3.63) is 52.0 Å². The molecule has 1 aromatic carbocycles. The molecule has 154 valence electrons. The summed E-state index contributed by atoms with van der Waals surface area (Å²) in [6.45, 7) is 6.00. The van der Waals surface area contributed by atoms with E-state index in [-0.39, 0.29) is 12.2 Å². The zero-order chi connectivity index (χ0) is 20.2. The molecule has 1 unspecified atom stereocenters. The Labute approximate surface area is 175 Å². The second-order valence-corrected chi connectivity index (χ2v) is 8.94. The summed E-state index contributed by atoms with van der Waals surface area (Å²) in [7, 11) is 0. The summed E-state index contributed by atoms with van der Waals surface area (Å²) in [5.74, 6) is 0.741. The van der Waals surface area contributed by atoms with Gasteiger partial charge in [0.05, 0.1) is 17.3 Å². The molecule has 2 aliphatic rings. The van der Waals surface area contributed by atoms with Crippen LogP contribution in [0.15, 0.2) is 40.9 Å². The Hall–Kier alpha value is -2.41. The molecule has 29 heavy (non-hydrogen) atoms. The van der Waals surface area contributed by atoms with E-state index >= 15 is 0 Å². The highest BCUT2D eigenvalue weighted by atomic mass is 32.1.